The Kier molecular flexibility index (Phi) is 4.62. The Labute approximate surface area is 124 Å². The quantitative estimate of drug-likeness (QED) is 0.852. The van der Waals surface area contributed by atoms with Crippen molar-refractivity contribution in [2.75, 3.05) is 10.1 Å². The van der Waals surface area contributed by atoms with Gasteiger partial charge in [0.2, 0.25) is 10.0 Å². The summed E-state index contributed by atoms with van der Waals surface area (Å²) in [5, 5.41) is 0.505. The summed E-state index contributed by atoms with van der Waals surface area (Å²) in [4.78, 5) is 4.01. The average molecular weight is 311 g/mol. The van der Waals surface area contributed by atoms with Crippen LogP contribution in [0.15, 0.2) is 48.8 Å². The van der Waals surface area contributed by atoms with Crippen LogP contribution in [0.2, 0.25) is 5.02 Å². The molecule has 0 atom stereocenters. The fourth-order valence-corrected chi connectivity index (χ4v) is 3.07. The monoisotopic (exact) mass is 310 g/mol. The average Bonchev–Trinajstić information content (AvgIpc) is 2.45. The van der Waals surface area contributed by atoms with E-state index < -0.39 is 10.0 Å². The zero-order valence-electron chi connectivity index (χ0n) is 11.0. The molecule has 106 valence electrons. The molecule has 2 aromatic rings. The summed E-state index contributed by atoms with van der Waals surface area (Å²) >= 11 is 5.95. The lowest BCUT2D eigenvalue weighted by Gasteiger charge is -2.24. The molecule has 4 nitrogen and oxygen atoms in total. The fraction of sp³-hybridized carbons (Fsp3) is 0.214. The van der Waals surface area contributed by atoms with Gasteiger partial charge in [-0.25, -0.2) is 8.42 Å². The highest BCUT2D eigenvalue weighted by Crippen LogP contribution is 2.24. The van der Waals surface area contributed by atoms with Crippen molar-refractivity contribution in [3.05, 3.63) is 59.4 Å². The largest absolute Gasteiger partial charge is 0.266 e. The molecule has 1 heterocycles. The lowest BCUT2D eigenvalue weighted by atomic mass is 10.2. The second-order valence-corrected chi connectivity index (χ2v) is 6.87. The first kappa shape index (κ1) is 14.8. The molecule has 0 saturated heterocycles. The maximum Gasteiger partial charge on any atom is 0.235 e. The smallest absolute Gasteiger partial charge is 0.235 e. The molecule has 1 aromatic carbocycles. The minimum Gasteiger partial charge on any atom is -0.266 e. The summed E-state index contributed by atoms with van der Waals surface area (Å²) in [5.41, 5.74) is 1.38. The second kappa shape index (κ2) is 6.24. The van der Waals surface area contributed by atoms with E-state index in [-0.39, 0.29) is 12.3 Å². The molecule has 6 heteroatoms. The van der Waals surface area contributed by atoms with Crippen LogP contribution in [0.4, 0.5) is 5.69 Å². The molecule has 0 radical (unpaired) electrons. The molecule has 0 N–H and O–H groups in total. The van der Waals surface area contributed by atoms with E-state index in [1.807, 2.05) is 6.07 Å². The highest BCUT2D eigenvalue weighted by molar-refractivity contribution is 7.92. The van der Waals surface area contributed by atoms with E-state index in [4.69, 9.17) is 11.6 Å². The van der Waals surface area contributed by atoms with Crippen molar-refractivity contribution in [2.24, 2.45) is 0 Å². The zero-order valence-corrected chi connectivity index (χ0v) is 12.6. The number of hydrogen-bond acceptors (Lipinski definition) is 3. The Bertz CT molecular complexity index is 675. The Balaban J connectivity index is 2.41. The molecular formula is C14H15ClN2O2S. The van der Waals surface area contributed by atoms with Crippen molar-refractivity contribution in [1.29, 1.82) is 0 Å². The van der Waals surface area contributed by atoms with E-state index in [0.29, 0.717) is 10.7 Å². The summed E-state index contributed by atoms with van der Waals surface area (Å²) in [5.74, 6) is 0.0276. The summed E-state index contributed by atoms with van der Waals surface area (Å²) in [6, 6.07) is 10.4. The number of aromatic nitrogens is 1. The van der Waals surface area contributed by atoms with Crippen LogP contribution in [0.5, 0.6) is 0 Å². The van der Waals surface area contributed by atoms with E-state index in [1.165, 1.54) is 4.31 Å². The summed E-state index contributed by atoms with van der Waals surface area (Å²) < 4.78 is 25.9. The van der Waals surface area contributed by atoms with Crippen molar-refractivity contribution < 1.29 is 8.42 Å². The molecule has 1 aromatic heterocycles. The van der Waals surface area contributed by atoms with Gasteiger partial charge in [-0.05, 0) is 36.8 Å². The molecule has 0 bridgehead atoms. The van der Waals surface area contributed by atoms with Crippen LogP contribution in [0.1, 0.15) is 12.5 Å². The third-order valence-corrected chi connectivity index (χ3v) is 4.82. The maximum absolute atomic E-state index is 12.3. The van der Waals surface area contributed by atoms with Crippen molar-refractivity contribution in [2.45, 2.75) is 13.5 Å². The molecule has 0 aliphatic carbocycles. The number of halogens is 1. The van der Waals surface area contributed by atoms with Gasteiger partial charge in [0.15, 0.2) is 0 Å². The molecular weight excluding hydrogens is 296 g/mol. The van der Waals surface area contributed by atoms with Gasteiger partial charge in [-0.1, -0.05) is 23.7 Å². The maximum atomic E-state index is 12.3. The lowest BCUT2D eigenvalue weighted by molar-refractivity contribution is 0.591. The van der Waals surface area contributed by atoms with Crippen LogP contribution in [-0.2, 0) is 16.6 Å². The summed E-state index contributed by atoms with van der Waals surface area (Å²) in [6.45, 7) is 1.86. The minimum absolute atomic E-state index is 0.0276. The number of benzene rings is 1. The van der Waals surface area contributed by atoms with E-state index in [2.05, 4.69) is 4.98 Å². The van der Waals surface area contributed by atoms with Gasteiger partial charge in [-0.3, -0.25) is 9.29 Å². The highest BCUT2D eigenvalue weighted by Gasteiger charge is 2.21. The highest BCUT2D eigenvalue weighted by atomic mass is 35.5. The first-order valence-electron chi connectivity index (χ1n) is 6.18. The van der Waals surface area contributed by atoms with Gasteiger partial charge < -0.3 is 0 Å². The topological polar surface area (TPSA) is 50.3 Å². The first-order valence-corrected chi connectivity index (χ1v) is 8.16. The standard InChI is InChI=1S/C14H15ClN2O2S/c1-2-20(18,19)17(11-12-5-4-8-16-10-12)14-7-3-6-13(15)9-14/h3-10H,2,11H2,1H3. The molecule has 20 heavy (non-hydrogen) atoms. The van der Waals surface area contributed by atoms with Gasteiger partial charge >= 0.3 is 0 Å². The van der Waals surface area contributed by atoms with Crippen molar-refractivity contribution >= 4 is 27.3 Å². The van der Waals surface area contributed by atoms with Crippen LogP contribution in [0.3, 0.4) is 0 Å². The lowest BCUT2D eigenvalue weighted by Crippen LogP contribution is -2.31. The molecule has 2 rings (SSSR count). The zero-order chi connectivity index (χ0) is 14.6. The van der Waals surface area contributed by atoms with E-state index >= 15 is 0 Å². The molecule has 0 spiro atoms. The summed E-state index contributed by atoms with van der Waals surface area (Å²) in [7, 11) is -3.38. The van der Waals surface area contributed by atoms with Crippen LogP contribution in [-0.4, -0.2) is 19.2 Å². The van der Waals surface area contributed by atoms with Gasteiger partial charge in [-0.15, -0.1) is 0 Å². The summed E-state index contributed by atoms with van der Waals surface area (Å²) in [6.07, 6.45) is 3.31. The Morgan fingerprint density at radius 1 is 1.25 bits per heavy atom. The third-order valence-electron chi connectivity index (χ3n) is 2.85. The van der Waals surface area contributed by atoms with E-state index in [1.54, 1.807) is 49.6 Å². The number of pyridine rings is 1. The van der Waals surface area contributed by atoms with Gasteiger partial charge in [0.1, 0.15) is 0 Å². The van der Waals surface area contributed by atoms with E-state index in [9.17, 15) is 8.42 Å². The minimum atomic E-state index is -3.38. The van der Waals surface area contributed by atoms with Crippen molar-refractivity contribution in [1.82, 2.24) is 4.98 Å². The Hall–Kier alpha value is -1.59. The third kappa shape index (κ3) is 3.49. The molecule has 0 unspecified atom stereocenters. The molecule has 0 aliphatic heterocycles. The van der Waals surface area contributed by atoms with Crippen LogP contribution >= 0.6 is 11.6 Å². The van der Waals surface area contributed by atoms with E-state index in [0.717, 1.165) is 5.56 Å². The van der Waals surface area contributed by atoms with Crippen LogP contribution in [0, 0.1) is 0 Å². The van der Waals surface area contributed by atoms with Crippen molar-refractivity contribution in [3.8, 4) is 0 Å². The van der Waals surface area contributed by atoms with Crippen LogP contribution < -0.4 is 4.31 Å². The van der Waals surface area contributed by atoms with Gasteiger partial charge in [-0.2, -0.15) is 0 Å². The molecule has 0 fully saturated rings. The predicted octanol–water partition coefficient (Wildman–Crippen LogP) is 3.09. The van der Waals surface area contributed by atoms with Gasteiger partial charge in [0.25, 0.3) is 0 Å². The Morgan fingerprint density at radius 2 is 2.05 bits per heavy atom. The fourth-order valence-electron chi connectivity index (χ4n) is 1.79. The van der Waals surface area contributed by atoms with Gasteiger partial charge in [0.05, 0.1) is 18.0 Å². The normalized spacial score (nSPS) is 11.3. The second-order valence-electron chi connectivity index (χ2n) is 4.25. The SMILES string of the molecule is CCS(=O)(=O)N(Cc1cccnc1)c1cccc(Cl)c1. The number of anilines is 1. The van der Waals surface area contributed by atoms with Crippen LogP contribution in [0.25, 0.3) is 0 Å². The predicted molar refractivity (Wildman–Crippen MR) is 81.3 cm³/mol. The van der Waals surface area contributed by atoms with Gasteiger partial charge in [0, 0.05) is 17.4 Å². The number of rotatable bonds is 5. The molecule has 0 aliphatic rings. The number of nitrogens with zero attached hydrogens (tertiary/aromatic N) is 2. The van der Waals surface area contributed by atoms with Crippen molar-refractivity contribution in [3.63, 3.8) is 0 Å². The molecule has 0 saturated carbocycles. The number of hydrogen-bond donors (Lipinski definition) is 0. The molecule has 0 amide bonds. The Morgan fingerprint density at radius 3 is 2.65 bits per heavy atom. The number of sulfonamides is 1. The first-order chi connectivity index (χ1) is 9.53.